The normalized spacial score (nSPS) is 11.9. The molecule has 2 nitrogen and oxygen atoms in total. The van der Waals surface area contributed by atoms with E-state index in [2.05, 4.69) is 6.07 Å². The molecule has 102 valence electrons. The van der Waals surface area contributed by atoms with Crippen molar-refractivity contribution in [2.24, 2.45) is 0 Å². The van der Waals surface area contributed by atoms with Crippen molar-refractivity contribution in [3.63, 3.8) is 0 Å². The molecule has 0 spiro atoms. The monoisotopic (exact) mass is 307 g/mol. The molecule has 5 heteroatoms. The SMILES string of the molecule is Cc1cc(C#N)ccc1CS(=O)c1ccc(F)c(Cl)c1. The zero-order chi connectivity index (χ0) is 14.7. The molecule has 0 amide bonds. The molecule has 2 rings (SSSR count). The first-order valence-electron chi connectivity index (χ1n) is 5.84. The van der Waals surface area contributed by atoms with Gasteiger partial charge in [-0.3, -0.25) is 4.21 Å². The zero-order valence-corrected chi connectivity index (χ0v) is 12.3. The lowest BCUT2D eigenvalue weighted by atomic mass is 10.1. The summed E-state index contributed by atoms with van der Waals surface area (Å²) in [7, 11) is -1.31. The average Bonchev–Trinajstić information content (AvgIpc) is 2.43. The Balaban J connectivity index is 2.23. The first-order chi connectivity index (χ1) is 9.51. The molecule has 2 aromatic carbocycles. The van der Waals surface area contributed by atoms with E-state index in [0.29, 0.717) is 16.2 Å². The van der Waals surface area contributed by atoms with E-state index in [1.165, 1.54) is 18.2 Å². The van der Waals surface area contributed by atoms with E-state index in [0.717, 1.165) is 11.1 Å². The second kappa shape index (κ2) is 6.17. The summed E-state index contributed by atoms with van der Waals surface area (Å²) in [4.78, 5) is 0.486. The molecule has 0 N–H and O–H groups in total. The Labute approximate surface area is 124 Å². The first kappa shape index (κ1) is 14.7. The maximum absolute atomic E-state index is 13.1. The Bertz CT molecular complexity index is 724. The van der Waals surface area contributed by atoms with E-state index >= 15 is 0 Å². The van der Waals surface area contributed by atoms with E-state index in [9.17, 15) is 8.60 Å². The molecule has 1 atom stereocenters. The minimum Gasteiger partial charge on any atom is -0.254 e. The highest BCUT2D eigenvalue weighted by atomic mass is 35.5. The highest BCUT2D eigenvalue weighted by Gasteiger charge is 2.10. The van der Waals surface area contributed by atoms with Gasteiger partial charge in [0.2, 0.25) is 0 Å². The van der Waals surface area contributed by atoms with Crippen LogP contribution in [0.1, 0.15) is 16.7 Å². The number of halogens is 2. The summed E-state index contributed by atoms with van der Waals surface area (Å²) in [5.41, 5.74) is 2.37. The predicted molar refractivity (Wildman–Crippen MR) is 77.4 cm³/mol. The van der Waals surface area contributed by atoms with Crippen molar-refractivity contribution >= 4 is 22.4 Å². The van der Waals surface area contributed by atoms with Crippen molar-refractivity contribution < 1.29 is 8.60 Å². The third-order valence-corrected chi connectivity index (χ3v) is 4.55. The van der Waals surface area contributed by atoms with Crippen molar-refractivity contribution in [1.82, 2.24) is 0 Å². The zero-order valence-electron chi connectivity index (χ0n) is 10.7. The highest BCUT2D eigenvalue weighted by Crippen LogP contribution is 2.21. The molecule has 1 unspecified atom stereocenters. The van der Waals surface area contributed by atoms with Gasteiger partial charge < -0.3 is 0 Å². The van der Waals surface area contributed by atoms with Gasteiger partial charge in [-0.1, -0.05) is 17.7 Å². The minimum atomic E-state index is -1.31. The van der Waals surface area contributed by atoms with Crippen LogP contribution in [-0.2, 0) is 16.6 Å². The summed E-state index contributed by atoms with van der Waals surface area (Å²) in [6, 6.07) is 11.4. The molecule has 0 saturated carbocycles. The van der Waals surface area contributed by atoms with Crippen LogP contribution >= 0.6 is 11.6 Å². The first-order valence-corrected chi connectivity index (χ1v) is 7.54. The van der Waals surface area contributed by atoms with Crippen LogP contribution in [0.3, 0.4) is 0 Å². The van der Waals surface area contributed by atoms with Gasteiger partial charge in [-0.05, 0) is 48.4 Å². The van der Waals surface area contributed by atoms with E-state index in [1.807, 2.05) is 6.92 Å². The number of nitrogens with zero attached hydrogens (tertiary/aromatic N) is 1. The highest BCUT2D eigenvalue weighted by molar-refractivity contribution is 7.84. The summed E-state index contributed by atoms with van der Waals surface area (Å²) in [5, 5.41) is 8.77. The summed E-state index contributed by atoms with van der Waals surface area (Å²) < 4.78 is 25.3. The Kier molecular flexibility index (Phi) is 4.53. The van der Waals surface area contributed by atoms with E-state index < -0.39 is 16.6 Å². The molecule has 0 heterocycles. The molecule has 0 aromatic heterocycles. The van der Waals surface area contributed by atoms with Gasteiger partial charge in [0, 0.05) is 4.90 Å². The quantitative estimate of drug-likeness (QED) is 0.861. The molecular weight excluding hydrogens is 297 g/mol. The molecule has 0 bridgehead atoms. The van der Waals surface area contributed by atoms with Crippen molar-refractivity contribution in [2.75, 3.05) is 0 Å². The lowest BCUT2D eigenvalue weighted by Crippen LogP contribution is -1.99. The molecule has 0 aliphatic heterocycles. The van der Waals surface area contributed by atoms with Crippen molar-refractivity contribution in [1.29, 1.82) is 5.26 Å². The summed E-state index contributed by atoms with van der Waals surface area (Å²) in [6.07, 6.45) is 0. The minimum absolute atomic E-state index is 0.0348. The van der Waals surface area contributed by atoms with E-state index in [4.69, 9.17) is 16.9 Å². The Morgan fingerprint density at radius 1 is 1.30 bits per heavy atom. The van der Waals surface area contributed by atoms with Gasteiger partial charge in [0.05, 0.1) is 33.2 Å². The Hall–Kier alpha value is -1.70. The third-order valence-electron chi connectivity index (χ3n) is 2.91. The smallest absolute Gasteiger partial charge is 0.141 e. The second-order valence-electron chi connectivity index (χ2n) is 4.32. The van der Waals surface area contributed by atoms with Crippen LogP contribution in [0.5, 0.6) is 0 Å². The fourth-order valence-corrected chi connectivity index (χ4v) is 3.26. The number of benzene rings is 2. The maximum atomic E-state index is 13.1. The van der Waals surface area contributed by atoms with Gasteiger partial charge in [0.1, 0.15) is 5.82 Å². The van der Waals surface area contributed by atoms with E-state index in [1.54, 1.807) is 18.2 Å². The molecular formula is C15H11ClFNOS. The van der Waals surface area contributed by atoms with Crippen molar-refractivity contribution in [3.8, 4) is 6.07 Å². The van der Waals surface area contributed by atoms with Gasteiger partial charge in [-0.2, -0.15) is 5.26 Å². The number of aryl methyl sites for hydroxylation is 1. The van der Waals surface area contributed by atoms with Crippen LogP contribution in [0.4, 0.5) is 4.39 Å². The van der Waals surface area contributed by atoms with Crippen LogP contribution in [0.15, 0.2) is 41.3 Å². The van der Waals surface area contributed by atoms with Crippen LogP contribution in [0.25, 0.3) is 0 Å². The van der Waals surface area contributed by atoms with Gasteiger partial charge >= 0.3 is 0 Å². The topological polar surface area (TPSA) is 40.9 Å². The predicted octanol–water partition coefficient (Wildman–Crippen LogP) is 3.97. The van der Waals surface area contributed by atoms with Crippen LogP contribution < -0.4 is 0 Å². The van der Waals surface area contributed by atoms with Crippen LogP contribution in [0, 0.1) is 24.1 Å². The Morgan fingerprint density at radius 3 is 2.65 bits per heavy atom. The molecule has 2 aromatic rings. The van der Waals surface area contributed by atoms with Gasteiger partial charge in [0.15, 0.2) is 0 Å². The van der Waals surface area contributed by atoms with E-state index in [-0.39, 0.29) is 5.02 Å². The van der Waals surface area contributed by atoms with Gasteiger partial charge in [-0.15, -0.1) is 0 Å². The average molecular weight is 308 g/mol. The summed E-state index contributed by atoms with van der Waals surface area (Å²) in [5.74, 6) is -0.221. The number of rotatable bonds is 3. The number of hydrogen-bond donors (Lipinski definition) is 0. The van der Waals surface area contributed by atoms with Crippen molar-refractivity contribution in [3.05, 3.63) is 63.9 Å². The Morgan fingerprint density at radius 2 is 2.05 bits per heavy atom. The molecule has 0 radical (unpaired) electrons. The summed E-state index contributed by atoms with van der Waals surface area (Å²) in [6.45, 7) is 1.87. The number of nitriles is 1. The fourth-order valence-electron chi connectivity index (χ4n) is 1.77. The lowest BCUT2D eigenvalue weighted by molar-refractivity contribution is 0.626. The van der Waals surface area contributed by atoms with Crippen LogP contribution in [-0.4, -0.2) is 4.21 Å². The largest absolute Gasteiger partial charge is 0.254 e. The molecule has 0 saturated heterocycles. The lowest BCUT2D eigenvalue weighted by Gasteiger charge is -2.07. The standard InChI is InChI=1S/C15H11ClFNOS/c1-10-6-11(8-18)2-3-12(10)9-20(19)13-4-5-15(17)14(16)7-13/h2-7H,9H2,1H3. The van der Waals surface area contributed by atoms with Crippen LogP contribution in [0.2, 0.25) is 5.02 Å². The molecule has 20 heavy (non-hydrogen) atoms. The number of hydrogen-bond acceptors (Lipinski definition) is 2. The molecule has 0 aliphatic rings. The fraction of sp³-hybridized carbons (Fsp3) is 0.133. The van der Waals surface area contributed by atoms with Gasteiger partial charge in [-0.25, -0.2) is 4.39 Å². The second-order valence-corrected chi connectivity index (χ2v) is 6.18. The maximum Gasteiger partial charge on any atom is 0.141 e. The van der Waals surface area contributed by atoms with Gasteiger partial charge in [0.25, 0.3) is 0 Å². The molecule has 0 aliphatic carbocycles. The molecule has 0 fully saturated rings. The van der Waals surface area contributed by atoms with Crippen molar-refractivity contribution in [2.45, 2.75) is 17.6 Å². The summed E-state index contributed by atoms with van der Waals surface area (Å²) >= 11 is 5.69. The third kappa shape index (κ3) is 3.24.